The van der Waals surface area contributed by atoms with Crippen LogP contribution in [0.2, 0.25) is 0 Å². The van der Waals surface area contributed by atoms with E-state index in [4.69, 9.17) is 13.0 Å². The summed E-state index contributed by atoms with van der Waals surface area (Å²) in [6, 6.07) is 17.2. The van der Waals surface area contributed by atoms with Gasteiger partial charge in [-0.2, -0.15) is 13.2 Å². The molecule has 3 nitrogen and oxygen atoms in total. The molecule has 132 valence electrons. The zero-order chi connectivity index (χ0) is 18.4. The molecule has 9 heteroatoms. The molecule has 0 radical (unpaired) electrons. The Morgan fingerprint density at radius 2 is 1.58 bits per heavy atom. The fourth-order valence-corrected chi connectivity index (χ4v) is 3.08. The second-order valence-electron chi connectivity index (χ2n) is 4.62. The van der Waals surface area contributed by atoms with Crippen molar-refractivity contribution in [3.8, 4) is 0 Å². The van der Waals surface area contributed by atoms with Crippen molar-refractivity contribution in [2.75, 3.05) is 6.26 Å². The molecule has 0 aliphatic carbocycles. The number of benzene rings is 2. The third-order valence-electron chi connectivity index (χ3n) is 2.70. The first-order valence-corrected chi connectivity index (χ1v) is 9.66. The first kappa shape index (κ1) is 20.5. The lowest BCUT2D eigenvalue weighted by atomic mass is 10.2. The molecule has 0 aromatic heterocycles. The molecule has 0 N–H and O–H groups in total. The van der Waals surface area contributed by atoms with E-state index in [2.05, 4.69) is 18.4 Å². The Kier molecular flexibility index (Phi) is 7.25. The average molecular weight is 382 g/mol. The number of hydrogen-bond acceptors (Lipinski definition) is 3. The van der Waals surface area contributed by atoms with Crippen LogP contribution in [-0.2, 0) is 26.8 Å². The van der Waals surface area contributed by atoms with E-state index in [1.807, 2.05) is 24.3 Å². The minimum atomic E-state index is -6.09. The van der Waals surface area contributed by atoms with E-state index in [9.17, 15) is 17.6 Å². The van der Waals surface area contributed by atoms with E-state index in [-0.39, 0.29) is 16.7 Å². The molecule has 0 saturated heterocycles. The third-order valence-corrected chi connectivity index (χ3v) is 5.11. The van der Waals surface area contributed by atoms with Crippen molar-refractivity contribution >= 4 is 21.0 Å². The van der Waals surface area contributed by atoms with Gasteiger partial charge in [-0.15, -0.1) is 0 Å². The summed E-state index contributed by atoms with van der Waals surface area (Å²) in [6.45, 7) is 0. The second-order valence-corrected chi connectivity index (χ2v) is 8.03. The Morgan fingerprint density at radius 1 is 1.04 bits per heavy atom. The topological polar surface area (TPSA) is 57.2 Å². The highest BCUT2D eigenvalue weighted by Gasteiger charge is 2.36. The smallest absolute Gasteiger partial charge is 0.485 e. The van der Waals surface area contributed by atoms with Gasteiger partial charge in [0.05, 0.1) is 0 Å². The van der Waals surface area contributed by atoms with Crippen LogP contribution in [0.3, 0.4) is 0 Å². The Hall–Kier alpha value is -1.58. The normalized spacial score (nSPS) is 12.9. The average Bonchev–Trinajstić information content (AvgIpc) is 2.47. The van der Waals surface area contributed by atoms with Crippen LogP contribution >= 0.6 is 0 Å². The molecule has 0 aliphatic heterocycles. The van der Waals surface area contributed by atoms with Gasteiger partial charge in [-0.1, -0.05) is 30.3 Å². The number of halogens is 4. The largest absolute Gasteiger partial charge is 0.741 e. The van der Waals surface area contributed by atoms with Crippen molar-refractivity contribution in [2.45, 2.75) is 16.2 Å². The molecule has 0 saturated carbocycles. The van der Waals surface area contributed by atoms with Crippen LogP contribution < -0.4 is 0 Å². The number of hydrogen-bond donors (Lipinski definition) is 0. The van der Waals surface area contributed by atoms with Crippen LogP contribution in [0.1, 0.15) is 5.56 Å². The van der Waals surface area contributed by atoms with Gasteiger partial charge < -0.3 is 4.55 Å². The van der Waals surface area contributed by atoms with E-state index < -0.39 is 15.6 Å². The summed E-state index contributed by atoms with van der Waals surface area (Å²) in [7, 11) is -5.95. The number of alkyl halides is 3. The molecule has 2 aromatic carbocycles. The van der Waals surface area contributed by atoms with Crippen molar-refractivity contribution in [3.05, 3.63) is 66.0 Å². The highest BCUT2D eigenvalue weighted by Crippen LogP contribution is 2.20. The van der Waals surface area contributed by atoms with E-state index in [0.29, 0.717) is 0 Å². The van der Waals surface area contributed by atoms with Gasteiger partial charge in [-0.05, 0) is 24.3 Å². The van der Waals surface area contributed by atoms with Gasteiger partial charge in [-0.25, -0.2) is 12.8 Å². The molecule has 0 fully saturated rings. The molecule has 2 rings (SSSR count). The Bertz CT molecular complexity index is 747. The van der Waals surface area contributed by atoms with E-state index in [1.165, 1.54) is 11.0 Å². The maximum Gasteiger partial charge on any atom is 0.485 e. The zero-order valence-corrected chi connectivity index (χ0v) is 14.1. The maximum atomic E-state index is 13.0. The predicted octanol–water partition coefficient (Wildman–Crippen LogP) is 3.68. The summed E-state index contributed by atoms with van der Waals surface area (Å²) in [4.78, 5) is 1.33. The van der Waals surface area contributed by atoms with Crippen molar-refractivity contribution in [3.63, 3.8) is 0 Å². The zero-order valence-electron chi connectivity index (χ0n) is 12.5. The van der Waals surface area contributed by atoms with Gasteiger partial charge in [0, 0.05) is 16.5 Å². The summed E-state index contributed by atoms with van der Waals surface area (Å²) in [5, 5.41) is 0. The summed E-state index contributed by atoms with van der Waals surface area (Å²) in [6.07, 6.45) is 2.19. The van der Waals surface area contributed by atoms with Gasteiger partial charge in [0.2, 0.25) is 0 Å². The van der Waals surface area contributed by atoms with Crippen LogP contribution in [0.25, 0.3) is 0 Å². The van der Waals surface area contributed by atoms with Gasteiger partial charge >= 0.3 is 5.51 Å². The highest BCUT2D eigenvalue weighted by atomic mass is 32.2. The lowest BCUT2D eigenvalue weighted by molar-refractivity contribution is -0.0517. The molecule has 0 spiro atoms. The van der Waals surface area contributed by atoms with Crippen molar-refractivity contribution < 1.29 is 30.5 Å². The maximum absolute atomic E-state index is 13.0. The summed E-state index contributed by atoms with van der Waals surface area (Å²) < 4.78 is 71.9. The molecule has 24 heavy (non-hydrogen) atoms. The lowest BCUT2D eigenvalue weighted by Crippen LogP contribution is -2.21. The molecule has 0 bridgehead atoms. The molecule has 0 heterocycles. The predicted molar refractivity (Wildman–Crippen MR) is 83.9 cm³/mol. The monoisotopic (exact) mass is 382 g/mol. The van der Waals surface area contributed by atoms with Crippen LogP contribution in [-0.4, -0.2) is 24.7 Å². The van der Waals surface area contributed by atoms with E-state index in [0.717, 1.165) is 11.3 Å². The molecular formula is C15H14F4O3S2. The van der Waals surface area contributed by atoms with E-state index >= 15 is 0 Å². The fourth-order valence-electron chi connectivity index (χ4n) is 1.61. The lowest BCUT2D eigenvalue weighted by Gasteiger charge is -2.08. The minimum absolute atomic E-state index is 0.141. The van der Waals surface area contributed by atoms with Gasteiger partial charge in [0.25, 0.3) is 0 Å². The third kappa shape index (κ3) is 6.90. The van der Waals surface area contributed by atoms with Crippen molar-refractivity contribution in [1.82, 2.24) is 0 Å². The quantitative estimate of drug-likeness (QED) is 0.352. The van der Waals surface area contributed by atoms with Gasteiger partial charge in [0.15, 0.2) is 15.0 Å². The Balaban J connectivity index is 0.000000307. The van der Waals surface area contributed by atoms with Gasteiger partial charge in [-0.3, -0.25) is 0 Å². The molecule has 1 atom stereocenters. The molecule has 0 amide bonds. The Labute approximate surface area is 140 Å². The highest BCUT2D eigenvalue weighted by molar-refractivity contribution is 7.95. The second kappa shape index (κ2) is 8.50. The molecule has 2 aromatic rings. The summed E-state index contributed by atoms with van der Waals surface area (Å²) >= 11 is 0. The summed E-state index contributed by atoms with van der Waals surface area (Å²) in [5.41, 5.74) is -4.58. The fraction of sp³-hybridized carbons (Fsp3) is 0.200. The SMILES string of the molecule is C[S+](Cc1cccc(F)c1)c1ccccc1.O=S(=O)([O-])C(F)(F)F. The molecular weight excluding hydrogens is 368 g/mol. The van der Waals surface area contributed by atoms with Crippen LogP contribution in [0.4, 0.5) is 17.6 Å². The summed E-state index contributed by atoms with van der Waals surface area (Å²) in [5.74, 6) is 0.754. The van der Waals surface area contributed by atoms with Crippen molar-refractivity contribution in [2.24, 2.45) is 0 Å². The first-order chi connectivity index (χ1) is 11.0. The van der Waals surface area contributed by atoms with Crippen LogP contribution in [0.5, 0.6) is 0 Å². The van der Waals surface area contributed by atoms with Crippen molar-refractivity contribution in [1.29, 1.82) is 0 Å². The minimum Gasteiger partial charge on any atom is -0.741 e. The molecule has 1 unspecified atom stereocenters. The molecule has 0 aliphatic rings. The Morgan fingerprint density at radius 3 is 2.04 bits per heavy atom. The van der Waals surface area contributed by atoms with Crippen LogP contribution in [0, 0.1) is 5.82 Å². The number of rotatable bonds is 3. The standard InChI is InChI=1S/C14H14FS.CHF3O3S/c1-16(14-8-3-2-4-9-14)11-12-6-5-7-13(15)10-12;2-1(3,4)8(5,6)7/h2-10H,11H2,1H3;(H,5,6,7)/q+1;/p-1. The van der Waals surface area contributed by atoms with Crippen LogP contribution in [0.15, 0.2) is 59.5 Å². The first-order valence-electron chi connectivity index (χ1n) is 6.45. The van der Waals surface area contributed by atoms with Gasteiger partial charge in [0.1, 0.15) is 17.8 Å². The van der Waals surface area contributed by atoms with E-state index in [1.54, 1.807) is 12.1 Å².